The van der Waals surface area contributed by atoms with Gasteiger partial charge in [0.15, 0.2) is 0 Å². The quantitative estimate of drug-likeness (QED) is 0.493. The molecule has 0 N–H and O–H groups in total. The van der Waals surface area contributed by atoms with E-state index in [9.17, 15) is 4.79 Å². The van der Waals surface area contributed by atoms with Crippen LogP contribution in [-0.4, -0.2) is 39.1 Å². The van der Waals surface area contributed by atoms with Crippen molar-refractivity contribution in [2.45, 2.75) is 32.9 Å². The van der Waals surface area contributed by atoms with Crippen molar-refractivity contribution in [1.29, 1.82) is 0 Å². The van der Waals surface area contributed by atoms with Crippen molar-refractivity contribution >= 4 is 28.8 Å². The number of rotatable bonds is 0. The van der Waals surface area contributed by atoms with Gasteiger partial charge in [0.05, 0.1) is 0 Å². The summed E-state index contributed by atoms with van der Waals surface area (Å²) >= 11 is 2.32. The average molecular weight is 282 g/mol. The first-order chi connectivity index (χ1) is 5.52. The number of amides is 1. The normalized spacial score (nSPS) is 32.2. The van der Waals surface area contributed by atoms with Crippen molar-refractivity contribution < 1.29 is 4.79 Å². The van der Waals surface area contributed by atoms with Crippen LogP contribution in [0.4, 0.5) is 0 Å². The first-order valence-corrected chi connectivity index (χ1v) is 5.18. The molecule has 1 saturated heterocycles. The van der Waals surface area contributed by atoms with Gasteiger partial charge >= 0.3 is 0 Å². The second kappa shape index (κ2) is 3.91. The third kappa shape index (κ3) is 2.10. The van der Waals surface area contributed by atoms with Crippen LogP contribution in [0.25, 0.3) is 0 Å². The molecule has 4 heteroatoms. The van der Waals surface area contributed by atoms with E-state index in [1.54, 1.807) is 6.92 Å². The molecule has 0 aromatic heterocycles. The van der Waals surface area contributed by atoms with Crippen molar-refractivity contribution in [2.75, 3.05) is 13.1 Å². The molecule has 0 aromatic rings. The number of hydrogen-bond donors (Lipinski definition) is 0. The number of nitrogens with zero attached hydrogens (tertiary/aromatic N) is 2. The van der Waals surface area contributed by atoms with Crippen molar-refractivity contribution in [3.63, 3.8) is 0 Å². The smallest absolute Gasteiger partial charge is 0.220 e. The van der Waals surface area contributed by atoms with Gasteiger partial charge in [-0.3, -0.25) is 4.79 Å². The highest BCUT2D eigenvalue weighted by Crippen LogP contribution is 2.18. The van der Waals surface area contributed by atoms with Crippen molar-refractivity contribution in [1.82, 2.24) is 8.01 Å². The Morgan fingerprint density at radius 3 is 2.08 bits per heavy atom. The van der Waals surface area contributed by atoms with Gasteiger partial charge in [-0.25, -0.2) is 3.11 Å². The highest BCUT2D eigenvalue weighted by molar-refractivity contribution is 14.1. The van der Waals surface area contributed by atoms with Crippen LogP contribution in [0, 0.1) is 0 Å². The summed E-state index contributed by atoms with van der Waals surface area (Å²) in [5, 5.41) is 0. The Labute approximate surface area is 87.6 Å². The summed E-state index contributed by atoms with van der Waals surface area (Å²) in [6.07, 6.45) is 0. The summed E-state index contributed by atoms with van der Waals surface area (Å²) < 4.78 is 2.24. The van der Waals surface area contributed by atoms with Gasteiger partial charge in [0.25, 0.3) is 0 Å². The zero-order chi connectivity index (χ0) is 9.30. The third-order valence-corrected chi connectivity index (χ3v) is 3.03. The van der Waals surface area contributed by atoms with Crippen LogP contribution in [0.1, 0.15) is 20.8 Å². The molecule has 1 amide bonds. The minimum absolute atomic E-state index is 0.194. The second-order valence-electron chi connectivity index (χ2n) is 3.45. The van der Waals surface area contributed by atoms with Gasteiger partial charge < -0.3 is 4.90 Å². The van der Waals surface area contributed by atoms with Crippen molar-refractivity contribution in [2.24, 2.45) is 0 Å². The van der Waals surface area contributed by atoms with Crippen molar-refractivity contribution in [3.8, 4) is 0 Å². The van der Waals surface area contributed by atoms with E-state index in [2.05, 4.69) is 39.8 Å². The SMILES string of the molecule is CC(=O)N1[C@H](C)CN(I)C[C@@H]1C. The summed E-state index contributed by atoms with van der Waals surface area (Å²) in [7, 11) is 0. The van der Waals surface area contributed by atoms with E-state index in [1.165, 1.54) is 0 Å². The maximum atomic E-state index is 11.2. The molecule has 1 aliphatic heterocycles. The maximum Gasteiger partial charge on any atom is 0.220 e. The molecule has 0 aromatic carbocycles. The topological polar surface area (TPSA) is 23.6 Å². The Hall–Kier alpha value is 0.160. The van der Waals surface area contributed by atoms with Crippen molar-refractivity contribution in [3.05, 3.63) is 0 Å². The molecule has 12 heavy (non-hydrogen) atoms. The molecule has 0 bridgehead atoms. The maximum absolute atomic E-state index is 11.2. The van der Waals surface area contributed by atoms with Crippen LogP contribution in [0.15, 0.2) is 0 Å². The zero-order valence-electron chi connectivity index (χ0n) is 7.75. The van der Waals surface area contributed by atoms with E-state index in [4.69, 9.17) is 0 Å². The third-order valence-electron chi connectivity index (χ3n) is 2.24. The van der Waals surface area contributed by atoms with Gasteiger partial charge in [-0.05, 0) is 13.8 Å². The molecule has 1 rings (SSSR count). The Morgan fingerprint density at radius 2 is 1.75 bits per heavy atom. The van der Waals surface area contributed by atoms with Gasteiger partial charge in [-0.1, -0.05) is 0 Å². The first kappa shape index (κ1) is 10.2. The summed E-state index contributed by atoms with van der Waals surface area (Å²) in [5.41, 5.74) is 0. The predicted molar refractivity (Wildman–Crippen MR) is 57.0 cm³/mol. The number of hydrogen-bond acceptors (Lipinski definition) is 2. The van der Waals surface area contributed by atoms with E-state index in [-0.39, 0.29) is 5.91 Å². The number of halogens is 1. The molecule has 0 radical (unpaired) electrons. The average Bonchev–Trinajstić information content (AvgIpc) is 1.82. The molecule has 0 spiro atoms. The van der Waals surface area contributed by atoms with Gasteiger partial charge in [-0.15, -0.1) is 0 Å². The lowest BCUT2D eigenvalue weighted by molar-refractivity contribution is -0.135. The summed E-state index contributed by atoms with van der Waals surface area (Å²) in [6, 6.07) is 0.700. The molecule has 0 unspecified atom stereocenters. The second-order valence-corrected chi connectivity index (χ2v) is 4.82. The highest BCUT2D eigenvalue weighted by Gasteiger charge is 2.29. The molecular formula is C8H15IN2O. The fraction of sp³-hybridized carbons (Fsp3) is 0.875. The van der Waals surface area contributed by atoms with E-state index < -0.39 is 0 Å². The highest BCUT2D eigenvalue weighted by atomic mass is 127. The molecule has 1 fully saturated rings. The molecule has 70 valence electrons. The summed E-state index contributed by atoms with van der Waals surface area (Å²) in [6.45, 7) is 7.80. The molecule has 3 nitrogen and oxygen atoms in total. The standard InChI is InChI=1S/C8H15IN2O/c1-6-4-10(9)5-7(2)11(6)8(3)12/h6-7H,4-5H2,1-3H3/t6-,7+. The van der Waals surface area contributed by atoms with Crippen LogP contribution in [0.3, 0.4) is 0 Å². The Kier molecular flexibility index (Phi) is 3.34. The van der Waals surface area contributed by atoms with E-state index >= 15 is 0 Å². The first-order valence-electron chi connectivity index (χ1n) is 4.22. The van der Waals surface area contributed by atoms with E-state index in [1.807, 2.05) is 4.90 Å². The largest absolute Gasteiger partial charge is 0.335 e. The van der Waals surface area contributed by atoms with E-state index in [0.29, 0.717) is 12.1 Å². The molecule has 1 aliphatic rings. The number of carbonyl (C=O) groups excluding carboxylic acids is 1. The molecule has 0 saturated carbocycles. The predicted octanol–water partition coefficient (Wildman–Crippen LogP) is 1.28. The van der Waals surface area contributed by atoms with E-state index in [0.717, 1.165) is 13.1 Å². The molecular weight excluding hydrogens is 267 g/mol. The number of carbonyl (C=O) groups is 1. The van der Waals surface area contributed by atoms with Gasteiger partial charge in [0.1, 0.15) is 0 Å². The fourth-order valence-corrected chi connectivity index (χ4v) is 3.02. The zero-order valence-corrected chi connectivity index (χ0v) is 9.91. The lowest BCUT2D eigenvalue weighted by Crippen LogP contribution is -2.55. The van der Waals surface area contributed by atoms with Crippen LogP contribution >= 0.6 is 22.9 Å². The van der Waals surface area contributed by atoms with Crippen LogP contribution in [0.2, 0.25) is 0 Å². The van der Waals surface area contributed by atoms with Crippen LogP contribution in [-0.2, 0) is 4.79 Å². The summed E-state index contributed by atoms with van der Waals surface area (Å²) in [5.74, 6) is 0.194. The Morgan fingerprint density at radius 1 is 1.33 bits per heavy atom. The van der Waals surface area contributed by atoms with Crippen LogP contribution < -0.4 is 0 Å². The molecule has 2 atom stereocenters. The summed E-state index contributed by atoms with van der Waals surface area (Å²) in [4.78, 5) is 13.2. The number of piperazine rings is 1. The minimum Gasteiger partial charge on any atom is -0.335 e. The molecule has 0 aliphatic carbocycles. The lowest BCUT2D eigenvalue weighted by atomic mass is 10.1. The Balaban J connectivity index is 2.66. The van der Waals surface area contributed by atoms with Crippen LogP contribution in [0.5, 0.6) is 0 Å². The Bertz CT molecular complexity index is 174. The van der Waals surface area contributed by atoms with Gasteiger partial charge in [-0.2, -0.15) is 0 Å². The van der Waals surface area contributed by atoms with Gasteiger partial charge in [0, 0.05) is 55.0 Å². The lowest BCUT2D eigenvalue weighted by Gasteiger charge is -2.41. The monoisotopic (exact) mass is 282 g/mol. The van der Waals surface area contributed by atoms with Gasteiger partial charge in [0.2, 0.25) is 5.91 Å². The molecule has 1 heterocycles. The fourth-order valence-electron chi connectivity index (χ4n) is 1.88. The minimum atomic E-state index is 0.194.